The van der Waals surface area contributed by atoms with Gasteiger partial charge in [0.15, 0.2) is 0 Å². The standard InChI is InChI=1S/C44H85N3O4/c1-7-9-11-13-15-23-29-39-50-43(48)33-27-21-17-19-25-31-42(41-47(6)38-37-46(5)36-35-45(3)4)32-26-20-18-22-28-34-44(49)51-40-30-24-16-14-12-10-8-2/h23-24,29-30,42H,7-22,25-28,31-41H2,1-6H3/b29-23+,30-24+. The maximum Gasteiger partial charge on any atom is 0.306 e. The molecule has 0 aromatic heterocycles. The molecule has 51 heavy (non-hydrogen) atoms. The minimum atomic E-state index is -0.0581. The number of nitrogens with zero attached hydrogens (tertiary/aromatic N) is 3. The summed E-state index contributed by atoms with van der Waals surface area (Å²) in [4.78, 5) is 31.4. The largest absolute Gasteiger partial charge is 0.461 e. The molecule has 0 aliphatic heterocycles. The van der Waals surface area contributed by atoms with Crippen LogP contribution in [0.4, 0.5) is 0 Å². The molecule has 7 heteroatoms. The summed E-state index contributed by atoms with van der Waals surface area (Å²) in [5, 5.41) is 0. The first-order valence-corrected chi connectivity index (χ1v) is 21.4. The molecule has 0 aromatic carbocycles. The molecule has 0 amide bonds. The van der Waals surface area contributed by atoms with Crippen LogP contribution < -0.4 is 0 Å². The van der Waals surface area contributed by atoms with E-state index in [4.69, 9.17) is 9.47 Å². The van der Waals surface area contributed by atoms with Crippen molar-refractivity contribution < 1.29 is 19.1 Å². The zero-order chi connectivity index (χ0) is 37.6. The Hall–Kier alpha value is -1.70. The lowest BCUT2D eigenvalue weighted by atomic mass is 9.93. The van der Waals surface area contributed by atoms with Gasteiger partial charge >= 0.3 is 11.9 Å². The lowest BCUT2D eigenvalue weighted by Crippen LogP contribution is -2.36. The number of rotatable bonds is 38. The maximum atomic E-state index is 12.1. The van der Waals surface area contributed by atoms with Crippen LogP contribution in [0.3, 0.4) is 0 Å². The molecule has 0 heterocycles. The Morgan fingerprint density at radius 2 is 0.902 bits per heavy atom. The average Bonchev–Trinajstić information content (AvgIpc) is 3.11. The molecule has 0 fully saturated rings. The Morgan fingerprint density at radius 1 is 0.490 bits per heavy atom. The van der Waals surface area contributed by atoms with Crippen molar-refractivity contribution in [3.8, 4) is 0 Å². The van der Waals surface area contributed by atoms with E-state index < -0.39 is 0 Å². The summed E-state index contributed by atoms with van der Waals surface area (Å²) in [6.45, 7) is 10.9. The zero-order valence-corrected chi connectivity index (χ0v) is 34.8. The molecule has 0 spiro atoms. The van der Waals surface area contributed by atoms with Crippen molar-refractivity contribution in [2.24, 2.45) is 5.92 Å². The lowest BCUT2D eigenvalue weighted by Gasteiger charge is -2.27. The highest BCUT2D eigenvalue weighted by molar-refractivity contribution is 5.69. The molecule has 0 radical (unpaired) electrons. The average molecular weight is 720 g/mol. The van der Waals surface area contributed by atoms with Crippen LogP contribution in [0.25, 0.3) is 0 Å². The van der Waals surface area contributed by atoms with Crippen molar-refractivity contribution in [1.82, 2.24) is 14.7 Å². The summed E-state index contributed by atoms with van der Waals surface area (Å²) in [6.07, 6.45) is 35.8. The number of esters is 2. The fraction of sp³-hybridized carbons (Fsp3) is 0.864. The Balaban J connectivity index is 4.28. The van der Waals surface area contributed by atoms with Gasteiger partial charge in [-0.3, -0.25) is 9.59 Å². The third-order valence-electron chi connectivity index (χ3n) is 9.81. The Bertz CT molecular complexity index is 779. The molecular formula is C44H85N3O4. The van der Waals surface area contributed by atoms with Gasteiger partial charge in [0.2, 0.25) is 0 Å². The van der Waals surface area contributed by atoms with Crippen LogP contribution in [-0.2, 0) is 19.1 Å². The zero-order valence-electron chi connectivity index (χ0n) is 34.8. The maximum absolute atomic E-state index is 12.1. The molecule has 7 nitrogen and oxygen atoms in total. The van der Waals surface area contributed by atoms with E-state index in [9.17, 15) is 9.59 Å². The Morgan fingerprint density at radius 3 is 1.37 bits per heavy atom. The first-order valence-electron chi connectivity index (χ1n) is 21.4. The van der Waals surface area contributed by atoms with Crippen LogP contribution >= 0.6 is 0 Å². The lowest BCUT2D eigenvalue weighted by molar-refractivity contribution is -0.143. The van der Waals surface area contributed by atoms with Gasteiger partial charge in [-0.25, -0.2) is 0 Å². The van der Waals surface area contributed by atoms with Crippen molar-refractivity contribution in [1.29, 1.82) is 0 Å². The summed E-state index contributed by atoms with van der Waals surface area (Å²) in [7, 11) is 8.80. The van der Waals surface area contributed by atoms with E-state index in [1.54, 1.807) is 0 Å². The van der Waals surface area contributed by atoms with Gasteiger partial charge in [0.25, 0.3) is 0 Å². The summed E-state index contributed by atoms with van der Waals surface area (Å²) in [5.41, 5.74) is 0. The van der Waals surface area contributed by atoms with E-state index in [2.05, 4.69) is 68.9 Å². The molecule has 0 saturated heterocycles. The second kappa shape index (κ2) is 38.0. The first-order chi connectivity index (χ1) is 24.8. The van der Waals surface area contributed by atoms with Crippen LogP contribution in [0.5, 0.6) is 0 Å². The van der Waals surface area contributed by atoms with Crippen molar-refractivity contribution in [2.75, 3.05) is 74.1 Å². The molecule has 0 saturated carbocycles. The Kier molecular flexibility index (Phi) is 36.8. The van der Waals surface area contributed by atoms with Crippen molar-refractivity contribution in [2.45, 2.75) is 168 Å². The second-order valence-corrected chi connectivity index (χ2v) is 15.4. The highest BCUT2D eigenvalue weighted by atomic mass is 16.5. The first kappa shape index (κ1) is 49.3. The van der Waals surface area contributed by atoms with E-state index in [0.29, 0.717) is 26.1 Å². The van der Waals surface area contributed by atoms with Gasteiger partial charge < -0.3 is 24.2 Å². The van der Waals surface area contributed by atoms with E-state index >= 15 is 0 Å². The topological polar surface area (TPSA) is 62.3 Å². The predicted molar refractivity (Wildman–Crippen MR) is 219 cm³/mol. The van der Waals surface area contributed by atoms with Crippen molar-refractivity contribution in [3.05, 3.63) is 24.3 Å². The number of carbonyl (C=O) groups is 2. The molecule has 0 N–H and O–H groups in total. The number of likely N-dealkylation sites (N-methyl/N-ethyl adjacent to an activating group) is 3. The van der Waals surface area contributed by atoms with Gasteiger partial charge in [-0.1, -0.05) is 128 Å². The smallest absolute Gasteiger partial charge is 0.306 e. The van der Waals surface area contributed by atoms with Crippen molar-refractivity contribution >= 4 is 11.9 Å². The minimum absolute atomic E-state index is 0.0581. The molecule has 0 aliphatic carbocycles. The second-order valence-electron chi connectivity index (χ2n) is 15.4. The van der Waals surface area contributed by atoms with Crippen LogP contribution in [-0.4, -0.2) is 101 Å². The Labute approximate surface area is 317 Å². The van der Waals surface area contributed by atoms with E-state index in [1.807, 2.05) is 12.2 Å². The summed E-state index contributed by atoms with van der Waals surface area (Å²) in [5.74, 6) is 0.612. The number of hydrogen-bond acceptors (Lipinski definition) is 7. The fourth-order valence-corrected chi connectivity index (χ4v) is 6.32. The van der Waals surface area contributed by atoms with Crippen molar-refractivity contribution in [3.63, 3.8) is 0 Å². The summed E-state index contributed by atoms with van der Waals surface area (Å²) in [6, 6.07) is 0. The number of unbranched alkanes of at least 4 members (excludes halogenated alkanes) is 16. The van der Waals surface area contributed by atoms with Crippen LogP contribution in [0, 0.1) is 5.92 Å². The van der Waals surface area contributed by atoms with Gasteiger partial charge in [0.1, 0.15) is 13.2 Å². The van der Waals surface area contributed by atoms with Gasteiger partial charge in [0.05, 0.1) is 0 Å². The predicted octanol–water partition coefficient (Wildman–Crippen LogP) is 10.6. The third kappa shape index (κ3) is 37.9. The minimum Gasteiger partial charge on any atom is -0.461 e. The van der Waals surface area contributed by atoms with Crippen LogP contribution in [0.1, 0.15) is 168 Å². The van der Waals surface area contributed by atoms with E-state index in [1.165, 1.54) is 109 Å². The quantitative estimate of drug-likeness (QED) is 0.0358. The highest BCUT2D eigenvalue weighted by Gasteiger charge is 2.13. The summed E-state index contributed by atoms with van der Waals surface area (Å²) >= 11 is 0. The molecule has 300 valence electrons. The molecule has 0 bridgehead atoms. The molecule has 0 aromatic rings. The monoisotopic (exact) mass is 720 g/mol. The summed E-state index contributed by atoms with van der Waals surface area (Å²) < 4.78 is 10.8. The number of hydrogen-bond donors (Lipinski definition) is 0. The molecule has 0 aliphatic rings. The van der Waals surface area contributed by atoms with Gasteiger partial charge in [-0.05, 0) is 85.5 Å². The molecule has 0 rings (SSSR count). The van der Waals surface area contributed by atoms with Crippen LogP contribution in [0.15, 0.2) is 24.3 Å². The number of allylic oxidation sites excluding steroid dienone is 2. The normalized spacial score (nSPS) is 12.1. The van der Waals surface area contributed by atoms with E-state index in [-0.39, 0.29) is 11.9 Å². The number of carbonyl (C=O) groups excluding carboxylic acids is 2. The molecular weight excluding hydrogens is 635 g/mol. The van der Waals surface area contributed by atoms with Crippen LogP contribution in [0.2, 0.25) is 0 Å². The SMILES string of the molecule is CCCCCC/C=C/COC(=O)CCCCCCCC(CCCCCCCC(=O)OC/C=C/CCCCCC)CN(C)CCN(C)CCN(C)C. The third-order valence-corrected chi connectivity index (χ3v) is 9.81. The van der Waals surface area contributed by atoms with Gasteiger partial charge in [-0.2, -0.15) is 0 Å². The molecule has 0 atom stereocenters. The van der Waals surface area contributed by atoms with Gasteiger partial charge in [0, 0.05) is 45.6 Å². The highest BCUT2D eigenvalue weighted by Crippen LogP contribution is 2.20. The fourth-order valence-electron chi connectivity index (χ4n) is 6.32. The van der Waals surface area contributed by atoms with E-state index in [0.717, 1.165) is 70.6 Å². The van der Waals surface area contributed by atoms with Gasteiger partial charge in [-0.15, -0.1) is 0 Å². The molecule has 0 unspecified atom stereocenters. The number of ether oxygens (including phenoxy) is 2.